The second kappa shape index (κ2) is 5.62. The van der Waals surface area contributed by atoms with Crippen molar-refractivity contribution in [2.45, 2.75) is 69.5 Å². The van der Waals surface area contributed by atoms with Gasteiger partial charge in [0.25, 0.3) is 0 Å². The molecule has 2 atom stereocenters. The first kappa shape index (κ1) is 17.4. The van der Waals surface area contributed by atoms with Crippen molar-refractivity contribution in [3.63, 3.8) is 0 Å². The van der Waals surface area contributed by atoms with Gasteiger partial charge in [-0.1, -0.05) is 51.8 Å². The number of likely N-dealkylation sites (tertiary alicyclic amines) is 1. The molecule has 0 radical (unpaired) electrons. The van der Waals surface area contributed by atoms with Crippen molar-refractivity contribution in [2.24, 2.45) is 0 Å². The third kappa shape index (κ3) is 3.38. The Kier molecular flexibility index (Phi) is 4.66. The summed E-state index contributed by atoms with van der Waals surface area (Å²) in [6.07, 6.45) is 5.88. The molecule has 2 heterocycles. The number of nitrogens with zero attached hydrogens (tertiary/aromatic N) is 1. The highest BCUT2D eigenvalue weighted by Crippen LogP contribution is 2.39. The van der Waals surface area contributed by atoms with Crippen LogP contribution in [0.5, 0.6) is 0 Å². The topological polar surface area (TPSA) is 37.4 Å². The molecule has 0 bridgehead atoms. The monoisotopic (exact) mass is 345 g/mol. The maximum Gasteiger partial charge on any atom is 0.172 e. The summed E-state index contributed by atoms with van der Waals surface area (Å²) in [5.41, 5.74) is 0. The normalized spacial score (nSPS) is 31.2. The first-order valence-corrected chi connectivity index (χ1v) is 16.8. The lowest BCUT2D eigenvalue weighted by atomic mass is 10.1. The highest BCUT2D eigenvalue weighted by Gasteiger charge is 2.53. The van der Waals surface area contributed by atoms with E-state index in [4.69, 9.17) is 0 Å². The quantitative estimate of drug-likeness (QED) is 0.737. The molecule has 1 saturated heterocycles. The van der Waals surface area contributed by atoms with Crippen molar-refractivity contribution in [3.8, 4) is 0 Å². The van der Waals surface area contributed by atoms with E-state index in [0.717, 1.165) is 17.6 Å². The maximum atomic E-state index is 13.2. The molecule has 3 nitrogen and oxygen atoms in total. The second-order valence-electron chi connectivity index (χ2n) is 8.70. The van der Waals surface area contributed by atoms with E-state index in [0.29, 0.717) is 0 Å². The lowest BCUT2D eigenvalue weighted by Gasteiger charge is -2.38. The molecule has 0 aromatic rings. The Hall–Kier alpha value is 0.0838. The molecule has 2 aliphatic heterocycles. The molecular weight excluding hydrogens is 314 g/mol. The van der Waals surface area contributed by atoms with Gasteiger partial charge in [0.05, 0.1) is 21.0 Å². The zero-order valence-corrected chi connectivity index (χ0v) is 17.3. The number of hydrogen-bond donors (Lipinski definition) is 0. The molecule has 6 heteroatoms. The Morgan fingerprint density at radius 1 is 1.00 bits per heavy atom. The summed E-state index contributed by atoms with van der Waals surface area (Å²) >= 11 is 0. The van der Waals surface area contributed by atoms with Crippen LogP contribution >= 0.6 is 0 Å². The minimum Gasteiger partial charge on any atom is -0.296 e. The van der Waals surface area contributed by atoms with Gasteiger partial charge in [-0.15, -0.1) is 0 Å². The van der Waals surface area contributed by atoms with Gasteiger partial charge in [0.1, 0.15) is 0 Å². The summed E-state index contributed by atoms with van der Waals surface area (Å²) in [7, 11) is -6.70. The van der Waals surface area contributed by atoms with Crippen LogP contribution in [0.1, 0.15) is 19.3 Å². The number of hydrogen-bond acceptors (Lipinski definition) is 3. The SMILES string of the molecule is C[Si](C)(C)C1=CC(N2CCCCC2)C([Si](C)(C)C)S1(=O)=O. The second-order valence-corrected chi connectivity index (χ2v) is 21.9. The predicted octanol–water partition coefficient (Wildman–Crippen LogP) is 3.28. The van der Waals surface area contributed by atoms with Gasteiger partial charge in [-0.3, -0.25) is 4.90 Å². The van der Waals surface area contributed by atoms with E-state index in [-0.39, 0.29) is 10.9 Å². The van der Waals surface area contributed by atoms with Crippen LogP contribution in [0.2, 0.25) is 39.3 Å². The van der Waals surface area contributed by atoms with E-state index in [9.17, 15) is 8.42 Å². The zero-order chi connectivity index (χ0) is 16.1. The van der Waals surface area contributed by atoms with E-state index >= 15 is 0 Å². The Labute approximate surface area is 132 Å². The molecule has 21 heavy (non-hydrogen) atoms. The molecule has 0 saturated carbocycles. The van der Waals surface area contributed by atoms with Crippen LogP contribution in [0, 0.1) is 0 Å². The van der Waals surface area contributed by atoms with E-state index in [2.05, 4.69) is 50.3 Å². The van der Waals surface area contributed by atoms with E-state index in [1.54, 1.807) is 0 Å². The van der Waals surface area contributed by atoms with Crippen molar-refractivity contribution >= 4 is 26.0 Å². The van der Waals surface area contributed by atoms with Gasteiger partial charge in [-0.25, -0.2) is 8.42 Å². The van der Waals surface area contributed by atoms with E-state index in [1.807, 2.05) is 0 Å². The van der Waals surface area contributed by atoms with Crippen LogP contribution in [0.4, 0.5) is 0 Å². The lowest BCUT2D eigenvalue weighted by molar-refractivity contribution is 0.197. The molecule has 0 spiro atoms. The molecular formula is C15H31NO2SSi2. The molecule has 1 fully saturated rings. The minimum atomic E-state index is -3.10. The van der Waals surface area contributed by atoms with Crippen LogP contribution in [0.3, 0.4) is 0 Å². The highest BCUT2D eigenvalue weighted by atomic mass is 32.2. The third-order valence-electron chi connectivity index (χ3n) is 4.68. The minimum absolute atomic E-state index is 0.142. The molecule has 0 N–H and O–H groups in total. The van der Waals surface area contributed by atoms with Crippen LogP contribution < -0.4 is 0 Å². The summed E-state index contributed by atoms with van der Waals surface area (Å²) in [6.45, 7) is 15.3. The fourth-order valence-electron chi connectivity index (χ4n) is 3.83. The Balaban J connectivity index is 2.47. The Morgan fingerprint density at radius 2 is 1.52 bits per heavy atom. The van der Waals surface area contributed by atoms with Crippen molar-refractivity contribution < 1.29 is 8.42 Å². The van der Waals surface area contributed by atoms with Crippen LogP contribution in [0.25, 0.3) is 0 Å². The highest BCUT2D eigenvalue weighted by molar-refractivity contribution is 8.00. The van der Waals surface area contributed by atoms with Crippen molar-refractivity contribution in [3.05, 3.63) is 10.6 Å². The molecule has 122 valence electrons. The fourth-order valence-corrected chi connectivity index (χ4v) is 15.3. The number of rotatable bonds is 3. The Morgan fingerprint density at radius 3 is 1.95 bits per heavy atom. The van der Waals surface area contributed by atoms with Gasteiger partial charge in [0, 0.05) is 10.6 Å². The van der Waals surface area contributed by atoms with Gasteiger partial charge in [-0.2, -0.15) is 0 Å². The largest absolute Gasteiger partial charge is 0.296 e. The Bertz CT molecular complexity index is 523. The summed E-state index contributed by atoms with van der Waals surface area (Å²) < 4.78 is 27.2. The predicted molar refractivity (Wildman–Crippen MR) is 96.7 cm³/mol. The van der Waals surface area contributed by atoms with Crippen LogP contribution in [0.15, 0.2) is 10.6 Å². The first-order valence-electron chi connectivity index (χ1n) is 8.16. The molecule has 2 aliphatic rings. The molecule has 2 rings (SSSR count). The molecule has 0 aromatic carbocycles. The molecule has 0 aliphatic carbocycles. The van der Waals surface area contributed by atoms with Crippen molar-refractivity contribution in [2.75, 3.05) is 13.1 Å². The maximum absolute atomic E-state index is 13.2. The lowest BCUT2D eigenvalue weighted by Crippen LogP contribution is -2.55. The smallest absolute Gasteiger partial charge is 0.172 e. The standard InChI is InChI=1S/C15H31NO2SSi2/c1-20(2,3)14-12-13(16-10-8-7-9-11-16)15(19(14,17)18)21(4,5)6/h12-13,15H,7-11H2,1-6H3. The zero-order valence-electron chi connectivity index (χ0n) is 14.4. The first-order chi connectivity index (χ1) is 9.45. The average molecular weight is 346 g/mol. The molecule has 0 amide bonds. The van der Waals surface area contributed by atoms with Crippen LogP contribution in [-0.2, 0) is 9.84 Å². The van der Waals surface area contributed by atoms with Crippen molar-refractivity contribution in [1.29, 1.82) is 0 Å². The van der Waals surface area contributed by atoms with Crippen LogP contribution in [-0.4, -0.2) is 53.5 Å². The number of sulfone groups is 1. The van der Waals surface area contributed by atoms with Gasteiger partial charge >= 0.3 is 0 Å². The summed E-state index contributed by atoms with van der Waals surface area (Å²) in [6, 6.07) is 0.142. The van der Waals surface area contributed by atoms with Crippen molar-refractivity contribution in [1.82, 2.24) is 4.90 Å². The van der Waals surface area contributed by atoms with Gasteiger partial charge in [0.15, 0.2) is 9.84 Å². The fraction of sp³-hybridized carbons (Fsp3) is 0.867. The van der Waals surface area contributed by atoms with Gasteiger partial charge < -0.3 is 0 Å². The molecule has 0 aromatic heterocycles. The van der Waals surface area contributed by atoms with E-state index < -0.39 is 26.0 Å². The summed E-state index contributed by atoms with van der Waals surface area (Å²) in [5.74, 6) is 0. The average Bonchev–Trinajstić information content (AvgIpc) is 2.61. The van der Waals surface area contributed by atoms with Gasteiger partial charge in [0.2, 0.25) is 0 Å². The van der Waals surface area contributed by atoms with Gasteiger partial charge in [-0.05, 0) is 25.9 Å². The third-order valence-corrected chi connectivity index (χ3v) is 15.8. The number of piperidine rings is 1. The molecule has 2 unspecified atom stereocenters. The summed E-state index contributed by atoms with van der Waals surface area (Å²) in [5, 5.41) is 0. The summed E-state index contributed by atoms with van der Waals surface area (Å²) in [4.78, 5) is 2.31. The van der Waals surface area contributed by atoms with E-state index in [1.165, 1.54) is 19.3 Å².